The molecule has 0 aliphatic heterocycles. The second kappa shape index (κ2) is 7.12. The molecule has 0 heterocycles. The van der Waals surface area contributed by atoms with Crippen LogP contribution in [0.3, 0.4) is 0 Å². The lowest BCUT2D eigenvalue weighted by molar-refractivity contribution is -0.132. The van der Waals surface area contributed by atoms with Gasteiger partial charge in [0, 0.05) is 13.1 Å². The first-order valence-corrected chi connectivity index (χ1v) is 6.26. The number of rotatable bonds is 6. The third-order valence-electron chi connectivity index (χ3n) is 2.28. The monoisotopic (exact) mass is 218 g/mol. The summed E-state index contributed by atoms with van der Waals surface area (Å²) in [5.74, 6) is 2.27. The summed E-state index contributed by atoms with van der Waals surface area (Å²) in [6.45, 7) is 5.94. The molecule has 0 aromatic rings. The van der Waals surface area contributed by atoms with Gasteiger partial charge in [0.1, 0.15) is 0 Å². The van der Waals surface area contributed by atoms with Crippen LogP contribution in [0, 0.1) is 0 Å². The van der Waals surface area contributed by atoms with Crippen LogP contribution in [0.15, 0.2) is 0 Å². The van der Waals surface area contributed by atoms with E-state index >= 15 is 0 Å². The number of hydrogen-bond donors (Lipinski definition) is 1. The number of hydrogen-bond acceptors (Lipinski definition) is 3. The first-order valence-electron chi connectivity index (χ1n) is 5.10. The number of amides is 1. The molecule has 1 amide bonds. The molecule has 0 rings (SSSR count). The van der Waals surface area contributed by atoms with Crippen LogP contribution in [0.2, 0.25) is 0 Å². The van der Waals surface area contributed by atoms with E-state index in [1.165, 1.54) is 0 Å². The van der Waals surface area contributed by atoms with Gasteiger partial charge in [0.05, 0.1) is 6.04 Å². The second-order valence-corrected chi connectivity index (χ2v) is 4.97. The van der Waals surface area contributed by atoms with Gasteiger partial charge in [-0.25, -0.2) is 0 Å². The van der Waals surface area contributed by atoms with Crippen molar-refractivity contribution in [2.45, 2.75) is 39.3 Å². The Morgan fingerprint density at radius 1 is 1.50 bits per heavy atom. The van der Waals surface area contributed by atoms with Crippen molar-refractivity contribution >= 4 is 17.7 Å². The molecule has 4 heteroatoms. The molecule has 0 bridgehead atoms. The van der Waals surface area contributed by atoms with Crippen LogP contribution in [-0.2, 0) is 4.79 Å². The van der Waals surface area contributed by atoms with E-state index in [0.29, 0.717) is 0 Å². The van der Waals surface area contributed by atoms with Crippen LogP contribution in [-0.4, -0.2) is 41.4 Å². The van der Waals surface area contributed by atoms with Crippen molar-refractivity contribution in [2.24, 2.45) is 5.73 Å². The van der Waals surface area contributed by atoms with Crippen LogP contribution >= 0.6 is 11.8 Å². The fourth-order valence-corrected chi connectivity index (χ4v) is 1.93. The Kier molecular flexibility index (Phi) is 7.01. The molecular formula is C10H22N2OS. The van der Waals surface area contributed by atoms with E-state index in [0.717, 1.165) is 17.9 Å². The quantitative estimate of drug-likeness (QED) is 0.684. The van der Waals surface area contributed by atoms with Gasteiger partial charge in [-0.15, -0.1) is 0 Å². The van der Waals surface area contributed by atoms with Crippen molar-refractivity contribution in [3.63, 3.8) is 0 Å². The molecule has 0 saturated carbocycles. The maximum atomic E-state index is 11.5. The van der Waals surface area contributed by atoms with Gasteiger partial charge in [-0.2, -0.15) is 11.8 Å². The fourth-order valence-electron chi connectivity index (χ4n) is 1.13. The van der Waals surface area contributed by atoms with E-state index in [1.54, 1.807) is 11.8 Å². The van der Waals surface area contributed by atoms with Crippen molar-refractivity contribution < 1.29 is 4.79 Å². The highest BCUT2D eigenvalue weighted by molar-refractivity contribution is 7.99. The first kappa shape index (κ1) is 13.8. The van der Waals surface area contributed by atoms with Gasteiger partial charge >= 0.3 is 0 Å². The average Bonchev–Trinajstić information content (AvgIpc) is 2.15. The molecule has 0 aromatic heterocycles. The minimum Gasteiger partial charge on any atom is -0.342 e. The van der Waals surface area contributed by atoms with E-state index in [-0.39, 0.29) is 18.0 Å². The van der Waals surface area contributed by atoms with Crippen LogP contribution in [0.5, 0.6) is 0 Å². The summed E-state index contributed by atoms with van der Waals surface area (Å²) in [6.07, 6.45) is 1.04. The Morgan fingerprint density at radius 2 is 2.07 bits per heavy atom. The molecule has 2 atom stereocenters. The highest BCUT2D eigenvalue weighted by Crippen LogP contribution is 2.08. The average molecular weight is 218 g/mol. The molecule has 0 radical (unpaired) electrons. The standard InChI is InChI=1S/C10H22N2OS/c1-5-14-7-6-8(2)12(4)10(13)9(3)11/h8-9H,5-7,11H2,1-4H3. The van der Waals surface area contributed by atoms with Crippen molar-refractivity contribution in [2.75, 3.05) is 18.6 Å². The van der Waals surface area contributed by atoms with Gasteiger partial charge in [0.25, 0.3) is 0 Å². The smallest absolute Gasteiger partial charge is 0.239 e. The lowest BCUT2D eigenvalue weighted by atomic mass is 10.2. The molecule has 0 fully saturated rings. The molecule has 3 nitrogen and oxygen atoms in total. The minimum atomic E-state index is -0.388. The molecule has 0 saturated heterocycles. The first-order chi connectivity index (χ1) is 6.50. The third kappa shape index (κ3) is 4.86. The predicted octanol–water partition coefficient (Wildman–Crippen LogP) is 1.32. The second-order valence-electron chi connectivity index (χ2n) is 3.57. The van der Waals surface area contributed by atoms with Crippen LogP contribution in [0.25, 0.3) is 0 Å². The SMILES string of the molecule is CCSCCC(C)N(C)C(=O)C(C)N. The largest absolute Gasteiger partial charge is 0.342 e. The Hall–Kier alpha value is -0.220. The molecule has 2 unspecified atom stereocenters. The molecule has 2 N–H and O–H groups in total. The Morgan fingerprint density at radius 3 is 2.50 bits per heavy atom. The molecule has 0 spiro atoms. The molecular weight excluding hydrogens is 196 g/mol. The minimum absolute atomic E-state index is 0.0269. The van der Waals surface area contributed by atoms with Crippen molar-refractivity contribution in [1.82, 2.24) is 4.90 Å². The summed E-state index contributed by atoms with van der Waals surface area (Å²) < 4.78 is 0. The van der Waals surface area contributed by atoms with Gasteiger partial charge in [0.15, 0.2) is 0 Å². The zero-order chi connectivity index (χ0) is 11.1. The molecule has 84 valence electrons. The highest BCUT2D eigenvalue weighted by Gasteiger charge is 2.18. The van der Waals surface area contributed by atoms with Crippen LogP contribution in [0.4, 0.5) is 0 Å². The highest BCUT2D eigenvalue weighted by atomic mass is 32.2. The maximum absolute atomic E-state index is 11.5. The summed E-state index contributed by atoms with van der Waals surface area (Å²) in [7, 11) is 1.83. The normalized spacial score (nSPS) is 14.9. The molecule has 14 heavy (non-hydrogen) atoms. The molecule has 0 aliphatic rings. The summed E-state index contributed by atoms with van der Waals surface area (Å²) >= 11 is 1.90. The zero-order valence-corrected chi connectivity index (χ0v) is 10.4. The topological polar surface area (TPSA) is 46.3 Å². The Labute approximate surface area is 91.4 Å². The number of thioether (sulfide) groups is 1. The van der Waals surface area contributed by atoms with E-state index in [4.69, 9.17) is 5.73 Å². The zero-order valence-electron chi connectivity index (χ0n) is 9.62. The third-order valence-corrected chi connectivity index (χ3v) is 3.22. The van der Waals surface area contributed by atoms with E-state index in [1.807, 2.05) is 18.8 Å². The Bertz CT molecular complexity index is 174. The summed E-state index contributed by atoms with van der Waals surface area (Å²) in [5, 5.41) is 0. The predicted molar refractivity (Wildman–Crippen MR) is 63.5 cm³/mol. The van der Waals surface area contributed by atoms with Gasteiger partial charge < -0.3 is 10.6 Å². The molecule has 0 aromatic carbocycles. The lowest BCUT2D eigenvalue weighted by Gasteiger charge is -2.26. The summed E-state index contributed by atoms with van der Waals surface area (Å²) in [4.78, 5) is 13.3. The number of carbonyl (C=O) groups is 1. The summed E-state index contributed by atoms with van der Waals surface area (Å²) in [5.41, 5.74) is 5.53. The van der Waals surface area contributed by atoms with Crippen molar-refractivity contribution in [3.8, 4) is 0 Å². The van der Waals surface area contributed by atoms with E-state index in [2.05, 4.69) is 13.8 Å². The van der Waals surface area contributed by atoms with Gasteiger partial charge in [-0.1, -0.05) is 6.92 Å². The van der Waals surface area contributed by atoms with Gasteiger partial charge in [-0.05, 0) is 31.8 Å². The number of likely N-dealkylation sites (N-methyl/N-ethyl adjacent to an activating group) is 1. The number of nitrogens with zero attached hydrogens (tertiary/aromatic N) is 1. The van der Waals surface area contributed by atoms with Crippen LogP contribution in [0.1, 0.15) is 27.2 Å². The van der Waals surface area contributed by atoms with E-state index in [9.17, 15) is 4.79 Å². The molecule has 0 aliphatic carbocycles. The summed E-state index contributed by atoms with van der Waals surface area (Å²) in [6, 6.07) is -0.103. The number of nitrogens with two attached hydrogens (primary N) is 1. The maximum Gasteiger partial charge on any atom is 0.239 e. The number of carbonyl (C=O) groups excluding carboxylic acids is 1. The van der Waals surface area contributed by atoms with Gasteiger partial charge in [0.2, 0.25) is 5.91 Å². The van der Waals surface area contributed by atoms with Crippen molar-refractivity contribution in [3.05, 3.63) is 0 Å². The van der Waals surface area contributed by atoms with Crippen molar-refractivity contribution in [1.29, 1.82) is 0 Å². The fraction of sp³-hybridized carbons (Fsp3) is 0.900. The van der Waals surface area contributed by atoms with E-state index < -0.39 is 0 Å². The van der Waals surface area contributed by atoms with Gasteiger partial charge in [-0.3, -0.25) is 4.79 Å². The Balaban J connectivity index is 3.86. The van der Waals surface area contributed by atoms with Crippen LogP contribution < -0.4 is 5.73 Å². The lowest BCUT2D eigenvalue weighted by Crippen LogP contribution is -2.44.